The summed E-state index contributed by atoms with van der Waals surface area (Å²) < 4.78 is 4.96. The molecule has 0 saturated heterocycles. The number of methoxy groups -OCH3 is 1. The van der Waals surface area contributed by atoms with Gasteiger partial charge in [-0.2, -0.15) is 0 Å². The molecule has 5 atom stereocenters. The standard InChI is InChI=1S/C11H16O2/c1-10(9(12)13-3)6-4-7-8(5-6)11(7,10)2/h6-8H,4-5H2,1-3H3/t6?,7-,8+,10-,11?/m1/s1. The highest BCUT2D eigenvalue weighted by Gasteiger charge is 2.84. The van der Waals surface area contributed by atoms with Gasteiger partial charge in [-0.3, -0.25) is 4.79 Å². The molecule has 2 heteroatoms. The van der Waals surface area contributed by atoms with Gasteiger partial charge >= 0.3 is 5.97 Å². The summed E-state index contributed by atoms with van der Waals surface area (Å²) in [6.07, 6.45) is 2.54. The Hall–Kier alpha value is -0.530. The van der Waals surface area contributed by atoms with Gasteiger partial charge in [0.2, 0.25) is 0 Å². The predicted molar refractivity (Wildman–Crippen MR) is 47.9 cm³/mol. The minimum atomic E-state index is -0.156. The van der Waals surface area contributed by atoms with Crippen LogP contribution in [0.3, 0.4) is 0 Å². The van der Waals surface area contributed by atoms with E-state index in [1.54, 1.807) is 0 Å². The number of carbonyl (C=O) groups is 1. The molecule has 0 amide bonds. The Morgan fingerprint density at radius 3 is 2.15 bits per heavy atom. The fourth-order valence-corrected chi connectivity index (χ4v) is 4.51. The van der Waals surface area contributed by atoms with Gasteiger partial charge in [0.25, 0.3) is 0 Å². The molecule has 13 heavy (non-hydrogen) atoms. The lowest BCUT2D eigenvalue weighted by molar-refractivity contribution is -0.156. The van der Waals surface area contributed by atoms with E-state index in [9.17, 15) is 4.79 Å². The summed E-state index contributed by atoms with van der Waals surface area (Å²) >= 11 is 0. The van der Waals surface area contributed by atoms with Crippen LogP contribution in [-0.2, 0) is 9.53 Å². The second-order valence-electron chi connectivity index (χ2n) is 5.36. The highest BCUT2D eigenvalue weighted by atomic mass is 16.5. The van der Waals surface area contributed by atoms with Crippen LogP contribution < -0.4 is 0 Å². The maximum absolute atomic E-state index is 11.8. The van der Waals surface area contributed by atoms with Crippen molar-refractivity contribution in [2.75, 3.05) is 7.11 Å². The van der Waals surface area contributed by atoms with Gasteiger partial charge in [-0.1, -0.05) is 6.92 Å². The number of ether oxygens (including phenoxy) is 1. The predicted octanol–water partition coefficient (Wildman–Crippen LogP) is 1.84. The molecule has 0 aromatic rings. The molecule has 2 nitrogen and oxygen atoms in total. The Balaban J connectivity index is 2.06. The number of hydrogen-bond acceptors (Lipinski definition) is 2. The monoisotopic (exact) mass is 180 g/mol. The quantitative estimate of drug-likeness (QED) is 0.575. The van der Waals surface area contributed by atoms with Gasteiger partial charge in [-0.15, -0.1) is 0 Å². The van der Waals surface area contributed by atoms with Crippen LogP contribution in [0, 0.1) is 28.6 Å². The largest absolute Gasteiger partial charge is 0.469 e. The van der Waals surface area contributed by atoms with E-state index in [0.717, 1.165) is 11.8 Å². The molecule has 4 fully saturated rings. The van der Waals surface area contributed by atoms with E-state index in [1.165, 1.54) is 20.0 Å². The first-order chi connectivity index (χ1) is 6.06. The number of esters is 1. The lowest BCUT2D eigenvalue weighted by Crippen LogP contribution is -2.37. The normalized spacial score (nSPS) is 61.0. The molecule has 2 unspecified atom stereocenters. The summed E-state index contributed by atoms with van der Waals surface area (Å²) in [5.74, 6) is 2.31. The van der Waals surface area contributed by atoms with Crippen molar-refractivity contribution in [2.24, 2.45) is 28.6 Å². The maximum Gasteiger partial charge on any atom is 0.312 e. The Morgan fingerprint density at radius 1 is 1.31 bits per heavy atom. The van der Waals surface area contributed by atoms with Gasteiger partial charge < -0.3 is 4.74 Å². The molecule has 0 aromatic heterocycles. The first-order valence-corrected chi connectivity index (χ1v) is 5.15. The second-order valence-corrected chi connectivity index (χ2v) is 5.36. The van der Waals surface area contributed by atoms with Crippen LogP contribution in [0.4, 0.5) is 0 Å². The van der Waals surface area contributed by atoms with Gasteiger partial charge in [-0.05, 0) is 42.9 Å². The van der Waals surface area contributed by atoms with Crippen LogP contribution in [0.25, 0.3) is 0 Å². The molecule has 72 valence electrons. The first-order valence-electron chi connectivity index (χ1n) is 5.15. The lowest BCUT2D eigenvalue weighted by atomic mass is 9.74. The summed E-state index contributed by atoms with van der Waals surface area (Å²) in [5, 5.41) is 0. The van der Waals surface area contributed by atoms with Crippen LogP contribution in [0.2, 0.25) is 0 Å². The van der Waals surface area contributed by atoms with Crippen LogP contribution in [0.15, 0.2) is 0 Å². The fourth-order valence-electron chi connectivity index (χ4n) is 4.51. The molecule has 0 N–H and O–H groups in total. The van der Waals surface area contributed by atoms with E-state index < -0.39 is 0 Å². The van der Waals surface area contributed by atoms with Crippen molar-refractivity contribution in [3.05, 3.63) is 0 Å². The second kappa shape index (κ2) is 1.79. The van der Waals surface area contributed by atoms with Gasteiger partial charge in [0.15, 0.2) is 0 Å². The van der Waals surface area contributed by atoms with Crippen LogP contribution in [0.5, 0.6) is 0 Å². The average Bonchev–Trinajstić information content (AvgIpc) is 2.55. The molecule has 0 aliphatic heterocycles. The van der Waals surface area contributed by atoms with Gasteiger partial charge in [-0.25, -0.2) is 0 Å². The highest BCUT2D eigenvalue weighted by molar-refractivity contribution is 5.80. The van der Waals surface area contributed by atoms with E-state index in [-0.39, 0.29) is 11.4 Å². The summed E-state index contributed by atoms with van der Waals surface area (Å²) in [7, 11) is 1.52. The van der Waals surface area contributed by atoms with Crippen molar-refractivity contribution in [3.63, 3.8) is 0 Å². The average molecular weight is 180 g/mol. The molecule has 0 heterocycles. The van der Waals surface area contributed by atoms with E-state index in [4.69, 9.17) is 4.74 Å². The van der Waals surface area contributed by atoms with Gasteiger partial charge in [0.1, 0.15) is 0 Å². The smallest absolute Gasteiger partial charge is 0.312 e. The minimum Gasteiger partial charge on any atom is -0.469 e. The van der Waals surface area contributed by atoms with Crippen molar-refractivity contribution in [2.45, 2.75) is 26.7 Å². The Morgan fingerprint density at radius 2 is 1.85 bits per heavy atom. The third-order valence-electron chi connectivity index (χ3n) is 5.54. The van der Waals surface area contributed by atoms with Crippen LogP contribution in [0.1, 0.15) is 26.7 Å². The maximum atomic E-state index is 11.8. The lowest BCUT2D eigenvalue weighted by Gasteiger charge is -2.30. The Kier molecular flexibility index (Phi) is 1.08. The van der Waals surface area contributed by atoms with Crippen molar-refractivity contribution in [3.8, 4) is 0 Å². The number of carbonyl (C=O) groups excluding carboxylic acids is 1. The topological polar surface area (TPSA) is 26.3 Å². The van der Waals surface area contributed by atoms with Gasteiger partial charge in [0.05, 0.1) is 12.5 Å². The fraction of sp³-hybridized carbons (Fsp3) is 0.909. The van der Waals surface area contributed by atoms with E-state index >= 15 is 0 Å². The molecule has 0 radical (unpaired) electrons. The molecule has 4 aliphatic rings. The third kappa shape index (κ3) is 0.520. The zero-order chi connectivity index (χ0) is 9.43. The number of hydrogen-bond donors (Lipinski definition) is 0. The first kappa shape index (κ1) is 7.84. The minimum absolute atomic E-state index is 0.0301. The Labute approximate surface area is 78.6 Å². The zero-order valence-electron chi connectivity index (χ0n) is 8.46. The summed E-state index contributed by atoms with van der Waals surface area (Å²) in [5.41, 5.74) is 0.141. The van der Waals surface area contributed by atoms with Crippen molar-refractivity contribution >= 4 is 5.97 Å². The summed E-state index contributed by atoms with van der Waals surface area (Å²) in [6.45, 7) is 4.41. The highest BCUT2D eigenvalue weighted by Crippen LogP contribution is 2.86. The van der Waals surface area contributed by atoms with Gasteiger partial charge in [0, 0.05) is 0 Å². The summed E-state index contributed by atoms with van der Waals surface area (Å²) in [6, 6.07) is 0. The van der Waals surface area contributed by atoms with E-state index in [0.29, 0.717) is 11.3 Å². The Bertz CT molecular complexity index is 284. The van der Waals surface area contributed by atoms with Crippen molar-refractivity contribution < 1.29 is 9.53 Å². The van der Waals surface area contributed by atoms with Crippen molar-refractivity contribution in [1.82, 2.24) is 0 Å². The molecule has 4 aliphatic carbocycles. The van der Waals surface area contributed by atoms with Crippen molar-refractivity contribution in [1.29, 1.82) is 0 Å². The van der Waals surface area contributed by atoms with E-state index in [1.807, 2.05) is 0 Å². The van der Waals surface area contributed by atoms with Crippen LogP contribution >= 0.6 is 0 Å². The molecule has 4 rings (SSSR count). The summed E-state index contributed by atoms with van der Waals surface area (Å²) in [4.78, 5) is 11.8. The molecule has 4 saturated carbocycles. The zero-order valence-corrected chi connectivity index (χ0v) is 8.46. The SMILES string of the molecule is COC(=O)[C@@]1(C)C2C[C@@H]3[C@H](C2)C31C. The molecule has 4 bridgehead atoms. The number of rotatable bonds is 1. The molecule has 0 aromatic carbocycles. The van der Waals surface area contributed by atoms with E-state index in [2.05, 4.69) is 13.8 Å². The molecular formula is C11H16O2. The molecular weight excluding hydrogens is 164 g/mol. The van der Waals surface area contributed by atoms with Crippen LogP contribution in [-0.4, -0.2) is 13.1 Å². The third-order valence-corrected chi connectivity index (χ3v) is 5.54. The molecule has 0 spiro atoms.